The highest BCUT2D eigenvalue weighted by Gasteiger charge is 2.34. The Kier molecular flexibility index (Phi) is 3.36. The summed E-state index contributed by atoms with van der Waals surface area (Å²) in [5.41, 5.74) is 0.0142. The van der Waals surface area contributed by atoms with Crippen molar-refractivity contribution in [3.05, 3.63) is 17.8 Å². The summed E-state index contributed by atoms with van der Waals surface area (Å²) in [7, 11) is 0. The summed E-state index contributed by atoms with van der Waals surface area (Å²) < 4.78 is 0. The van der Waals surface area contributed by atoms with E-state index in [1.54, 1.807) is 12.1 Å². The van der Waals surface area contributed by atoms with Gasteiger partial charge in [-0.3, -0.25) is 0 Å². The second-order valence-corrected chi connectivity index (χ2v) is 5.53. The van der Waals surface area contributed by atoms with Crippen LogP contribution in [-0.2, 0) is 0 Å². The number of rotatable bonds is 3. The lowest BCUT2D eigenvalue weighted by molar-refractivity contribution is 0.0689. The van der Waals surface area contributed by atoms with Gasteiger partial charge in [0, 0.05) is 12.6 Å². The molecule has 19 heavy (non-hydrogen) atoms. The lowest BCUT2D eigenvalue weighted by Gasteiger charge is -2.29. The smallest absolute Gasteiger partial charge is 0.356 e. The second-order valence-electron chi connectivity index (χ2n) is 5.53. The number of anilines is 1. The number of carbonyl (C=O) groups is 1. The molecule has 1 saturated carbocycles. The predicted molar refractivity (Wildman–Crippen MR) is 71.3 cm³/mol. The van der Waals surface area contributed by atoms with Crippen molar-refractivity contribution in [1.82, 2.24) is 10.2 Å². The zero-order valence-electron chi connectivity index (χ0n) is 11.0. The summed E-state index contributed by atoms with van der Waals surface area (Å²) in [5, 5.41) is 16.7. The maximum Gasteiger partial charge on any atom is 0.356 e. The number of carboxylic acid groups (broad SMARTS) is 1. The molecule has 0 spiro atoms. The van der Waals surface area contributed by atoms with Gasteiger partial charge in [-0.25, -0.2) is 4.79 Å². The first kappa shape index (κ1) is 12.4. The van der Waals surface area contributed by atoms with Gasteiger partial charge in [0.25, 0.3) is 0 Å². The van der Waals surface area contributed by atoms with Gasteiger partial charge in [0.2, 0.25) is 0 Å². The molecule has 102 valence electrons. The SMILES string of the molecule is O=C(O)c1ccc(N2CCCC2C2CCCC2)nn1. The van der Waals surface area contributed by atoms with E-state index in [4.69, 9.17) is 5.11 Å². The number of hydrogen-bond acceptors (Lipinski definition) is 4. The topological polar surface area (TPSA) is 66.3 Å². The van der Waals surface area contributed by atoms with Crippen molar-refractivity contribution >= 4 is 11.8 Å². The molecule has 5 heteroatoms. The largest absolute Gasteiger partial charge is 0.476 e. The van der Waals surface area contributed by atoms with Gasteiger partial charge in [-0.15, -0.1) is 10.2 Å². The molecule has 1 N–H and O–H groups in total. The number of aromatic carboxylic acids is 1. The zero-order chi connectivity index (χ0) is 13.2. The molecule has 0 amide bonds. The molecule has 1 saturated heterocycles. The minimum absolute atomic E-state index is 0.0142. The van der Waals surface area contributed by atoms with Crippen LogP contribution in [0.5, 0.6) is 0 Å². The molecule has 1 atom stereocenters. The molecule has 3 rings (SSSR count). The number of aromatic nitrogens is 2. The van der Waals surface area contributed by atoms with Gasteiger partial charge in [0.1, 0.15) is 0 Å². The highest BCUT2D eigenvalue weighted by molar-refractivity contribution is 5.85. The van der Waals surface area contributed by atoms with E-state index in [0.29, 0.717) is 6.04 Å². The number of nitrogens with zero attached hydrogens (tertiary/aromatic N) is 3. The fourth-order valence-electron chi connectivity index (χ4n) is 3.50. The molecular weight excluding hydrogens is 242 g/mol. The third-order valence-electron chi connectivity index (χ3n) is 4.41. The van der Waals surface area contributed by atoms with Crippen molar-refractivity contribution in [1.29, 1.82) is 0 Å². The molecule has 0 aromatic carbocycles. The van der Waals surface area contributed by atoms with Crippen LogP contribution in [0, 0.1) is 5.92 Å². The van der Waals surface area contributed by atoms with Gasteiger partial charge >= 0.3 is 5.97 Å². The van der Waals surface area contributed by atoms with Crippen LogP contribution >= 0.6 is 0 Å². The van der Waals surface area contributed by atoms with Crippen molar-refractivity contribution in [2.45, 2.75) is 44.6 Å². The Bertz CT molecular complexity index is 454. The molecule has 1 aromatic heterocycles. The van der Waals surface area contributed by atoms with Crippen LogP contribution in [0.3, 0.4) is 0 Å². The Morgan fingerprint density at radius 2 is 1.95 bits per heavy atom. The highest BCUT2D eigenvalue weighted by atomic mass is 16.4. The van der Waals surface area contributed by atoms with E-state index in [1.807, 2.05) is 0 Å². The number of carboxylic acids is 1. The van der Waals surface area contributed by atoms with Crippen LogP contribution in [0.25, 0.3) is 0 Å². The van der Waals surface area contributed by atoms with E-state index >= 15 is 0 Å². The minimum atomic E-state index is -1.02. The zero-order valence-corrected chi connectivity index (χ0v) is 11.0. The highest BCUT2D eigenvalue weighted by Crippen LogP contribution is 2.36. The van der Waals surface area contributed by atoms with E-state index in [0.717, 1.165) is 18.3 Å². The maximum absolute atomic E-state index is 10.8. The summed E-state index contributed by atoms with van der Waals surface area (Å²) in [5.74, 6) is 0.593. The first-order valence-electron chi connectivity index (χ1n) is 7.09. The molecule has 1 aliphatic heterocycles. The third-order valence-corrected chi connectivity index (χ3v) is 4.41. The summed E-state index contributed by atoms with van der Waals surface area (Å²) in [6.07, 6.45) is 7.76. The molecule has 5 nitrogen and oxygen atoms in total. The number of hydrogen-bond donors (Lipinski definition) is 1. The van der Waals surface area contributed by atoms with Gasteiger partial charge in [0.05, 0.1) is 0 Å². The van der Waals surface area contributed by atoms with Crippen molar-refractivity contribution in [3.63, 3.8) is 0 Å². The fourth-order valence-corrected chi connectivity index (χ4v) is 3.50. The summed E-state index contributed by atoms with van der Waals surface area (Å²) in [6, 6.07) is 3.92. The first-order valence-corrected chi connectivity index (χ1v) is 7.09. The lowest BCUT2D eigenvalue weighted by atomic mass is 9.96. The molecule has 1 aromatic rings. The van der Waals surface area contributed by atoms with E-state index in [1.165, 1.54) is 38.5 Å². The average Bonchev–Trinajstić information content (AvgIpc) is 3.09. The van der Waals surface area contributed by atoms with E-state index in [-0.39, 0.29) is 5.69 Å². The molecule has 1 unspecified atom stereocenters. The van der Waals surface area contributed by atoms with Crippen LogP contribution in [0.4, 0.5) is 5.82 Å². The maximum atomic E-state index is 10.8. The lowest BCUT2D eigenvalue weighted by Crippen LogP contribution is -2.35. The first-order chi connectivity index (χ1) is 9.25. The van der Waals surface area contributed by atoms with Crippen molar-refractivity contribution in [3.8, 4) is 0 Å². The fraction of sp³-hybridized carbons (Fsp3) is 0.643. The third kappa shape index (κ3) is 2.41. The Morgan fingerprint density at radius 3 is 2.58 bits per heavy atom. The van der Waals surface area contributed by atoms with E-state index in [9.17, 15) is 4.79 Å². The molecule has 2 fully saturated rings. The Hall–Kier alpha value is -1.65. The molecule has 1 aliphatic carbocycles. The van der Waals surface area contributed by atoms with Crippen LogP contribution in [0.15, 0.2) is 12.1 Å². The molecule has 2 heterocycles. The molecular formula is C14H19N3O2. The van der Waals surface area contributed by atoms with Gasteiger partial charge in [0.15, 0.2) is 11.5 Å². The van der Waals surface area contributed by atoms with Crippen LogP contribution in [0.1, 0.15) is 49.0 Å². The van der Waals surface area contributed by atoms with Crippen LogP contribution in [-0.4, -0.2) is 33.9 Å². The van der Waals surface area contributed by atoms with Crippen molar-refractivity contribution < 1.29 is 9.90 Å². The summed E-state index contributed by atoms with van der Waals surface area (Å²) in [6.45, 7) is 1.02. The average molecular weight is 261 g/mol. The summed E-state index contributed by atoms with van der Waals surface area (Å²) in [4.78, 5) is 13.1. The molecule has 2 aliphatic rings. The standard InChI is InChI=1S/C14H19N3O2/c18-14(19)11-7-8-13(16-15-11)17-9-3-6-12(17)10-4-1-2-5-10/h7-8,10,12H,1-6,9H2,(H,18,19). The quantitative estimate of drug-likeness (QED) is 0.904. The van der Waals surface area contributed by atoms with Crippen LogP contribution in [0.2, 0.25) is 0 Å². The van der Waals surface area contributed by atoms with Crippen LogP contribution < -0.4 is 4.90 Å². The Balaban J connectivity index is 1.78. The van der Waals surface area contributed by atoms with E-state index < -0.39 is 5.97 Å². The van der Waals surface area contributed by atoms with Crippen molar-refractivity contribution in [2.75, 3.05) is 11.4 Å². The summed E-state index contributed by atoms with van der Waals surface area (Å²) >= 11 is 0. The van der Waals surface area contributed by atoms with Gasteiger partial charge in [-0.2, -0.15) is 0 Å². The predicted octanol–water partition coefficient (Wildman–Crippen LogP) is 2.33. The van der Waals surface area contributed by atoms with Crippen molar-refractivity contribution in [2.24, 2.45) is 5.92 Å². The second kappa shape index (κ2) is 5.15. The minimum Gasteiger partial charge on any atom is -0.476 e. The normalized spacial score (nSPS) is 24.0. The Labute approximate surface area is 112 Å². The molecule has 0 bridgehead atoms. The van der Waals surface area contributed by atoms with Gasteiger partial charge < -0.3 is 10.0 Å². The van der Waals surface area contributed by atoms with Gasteiger partial charge in [-0.05, 0) is 43.7 Å². The van der Waals surface area contributed by atoms with E-state index in [2.05, 4.69) is 15.1 Å². The molecule has 0 radical (unpaired) electrons. The van der Waals surface area contributed by atoms with Gasteiger partial charge in [-0.1, -0.05) is 12.8 Å². The Morgan fingerprint density at radius 1 is 1.16 bits per heavy atom. The monoisotopic (exact) mass is 261 g/mol.